The van der Waals surface area contributed by atoms with Gasteiger partial charge in [0.25, 0.3) is 0 Å². The fourth-order valence-electron chi connectivity index (χ4n) is 1.69. The van der Waals surface area contributed by atoms with Crippen LogP contribution in [0.2, 0.25) is 0 Å². The molecule has 20 heavy (non-hydrogen) atoms. The van der Waals surface area contributed by atoms with Gasteiger partial charge >= 0.3 is 5.69 Å². The minimum Gasteiger partial charge on any atom is -0.482 e. The Kier molecular flexibility index (Phi) is 4.09. The number of aromatic nitrogens is 1. The summed E-state index contributed by atoms with van der Waals surface area (Å²) < 4.78 is 18.4. The van der Waals surface area contributed by atoms with E-state index >= 15 is 0 Å². The number of nitro benzene ring substituents is 1. The number of pyridine rings is 1. The number of halogens is 1. The van der Waals surface area contributed by atoms with E-state index in [-0.39, 0.29) is 12.4 Å². The summed E-state index contributed by atoms with van der Waals surface area (Å²) in [7, 11) is 1.71. The molecule has 1 aromatic carbocycles. The van der Waals surface area contributed by atoms with Crippen molar-refractivity contribution in [1.29, 1.82) is 0 Å². The van der Waals surface area contributed by atoms with E-state index in [1.165, 1.54) is 6.07 Å². The fourth-order valence-corrected chi connectivity index (χ4v) is 1.69. The molecule has 0 amide bonds. The van der Waals surface area contributed by atoms with Crippen LogP contribution in [0.3, 0.4) is 0 Å². The van der Waals surface area contributed by atoms with Crippen molar-refractivity contribution in [2.75, 3.05) is 12.4 Å². The molecule has 0 aliphatic heterocycles. The number of hydrogen-bond acceptors (Lipinski definition) is 5. The summed E-state index contributed by atoms with van der Waals surface area (Å²) in [4.78, 5) is 14.3. The molecule has 2 aromatic rings. The van der Waals surface area contributed by atoms with E-state index in [2.05, 4.69) is 10.3 Å². The monoisotopic (exact) mass is 277 g/mol. The minimum absolute atomic E-state index is 0.0160. The van der Waals surface area contributed by atoms with Crippen molar-refractivity contribution in [2.24, 2.45) is 0 Å². The zero-order chi connectivity index (χ0) is 14.5. The van der Waals surface area contributed by atoms with Crippen LogP contribution < -0.4 is 10.1 Å². The Hall–Kier alpha value is -2.70. The van der Waals surface area contributed by atoms with E-state index < -0.39 is 16.4 Å². The number of rotatable bonds is 5. The molecule has 0 unspecified atom stereocenters. The number of benzene rings is 1. The summed E-state index contributed by atoms with van der Waals surface area (Å²) in [6.07, 6.45) is 1.62. The molecule has 0 spiro atoms. The molecule has 0 bridgehead atoms. The van der Waals surface area contributed by atoms with Gasteiger partial charge in [-0.15, -0.1) is 0 Å². The van der Waals surface area contributed by atoms with E-state index in [4.69, 9.17) is 4.74 Å². The Balaban J connectivity index is 2.21. The highest BCUT2D eigenvalue weighted by molar-refractivity contribution is 5.47. The van der Waals surface area contributed by atoms with Crippen molar-refractivity contribution in [3.63, 3.8) is 0 Å². The third kappa shape index (κ3) is 3.00. The lowest BCUT2D eigenvalue weighted by molar-refractivity contribution is -0.386. The predicted molar refractivity (Wildman–Crippen MR) is 71.2 cm³/mol. The van der Waals surface area contributed by atoms with Gasteiger partial charge in [-0.05, 0) is 18.2 Å². The molecular formula is C13H12FN3O3. The quantitative estimate of drug-likeness (QED) is 0.671. The van der Waals surface area contributed by atoms with Gasteiger partial charge in [0.1, 0.15) is 18.2 Å². The Morgan fingerprint density at radius 2 is 2.25 bits per heavy atom. The minimum atomic E-state index is -0.680. The number of ether oxygens (including phenoxy) is 1. The highest BCUT2D eigenvalue weighted by atomic mass is 19.1. The largest absolute Gasteiger partial charge is 0.482 e. The lowest BCUT2D eigenvalue weighted by Crippen LogP contribution is -2.03. The van der Waals surface area contributed by atoms with Gasteiger partial charge in [-0.3, -0.25) is 10.1 Å². The fraction of sp³-hybridized carbons (Fsp3) is 0.154. The second-order valence-electron chi connectivity index (χ2n) is 3.92. The smallest absolute Gasteiger partial charge is 0.313 e. The van der Waals surface area contributed by atoms with Crippen molar-refractivity contribution < 1.29 is 14.1 Å². The molecule has 0 aliphatic rings. The molecule has 6 nitrogen and oxygen atoms in total. The first-order chi connectivity index (χ1) is 9.61. The van der Waals surface area contributed by atoms with Gasteiger partial charge in [-0.25, -0.2) is 9.37 Å². The van der Waals surface area contributed by atoms with Gasteiger partial charge in [0.05, 0.1) is 11.0 Å². The number of nitrogens with one attached hydrogen (secondary N) is 1. The van der Waals surface area contributed by atoms with Crippen molar-refractivity contribution in [3.05, 3.63) is 58.0 Å². The molecule has 7 heteroatoms. The molecule has 0 saturated heterocycles. The molecule has 2 rings (SSSR count). The second-order valence-corrected chi connectivity index (χ2v) is 3.92. The Labute approximate surface area is 114 Å². The van der Waals surface area contributed by atoms with E-state index in [0.717, 1.165) is 17.7 Å². The Morgan fingerprint density at radius 1 is 1.45 bits per heavy atom. The third-order valence-electron chi connectivity index (χ3n) is 2.63. The molecule has 0 saturated carbocycles. The van der Waals surface area contributed by atoms with Gasteiger partial charge in [-0.2, -0.15) is 0 Å². The lowest BCUT2D eigenvalue weighted by atomic mass is 10.2. The number of nitrogens with zero attached hydrogens (tertiary/aromatic N) is 2. The highest BCUT2D eigenvalue weighted by Crippen LogP contribution is 2.28. The summed E-state index contributed by atoms with van der Waals surface area (Å²) in [5.74, 6) is -0.0408. The molecule has 1 heterocycles. The highest BCUT2D eigenvalue weighted by Gasteiger charge is 2.16. The van der Waals surface area contributed by atoms with Gasteiger partial charge in [0, 0.05) is 18.8 Å². The Bertz CT molecular complexity index is 634. The van der Waals surface area contributed by atoms with E-state index in [0.29, 0.717) is 5.82 Å². The van der Waals surface area contributed by atoms with Crippen LogP contribution in [0, 0.1) is 15.9 Å². The zero-order valence-electron chi connectivity index (χ0n) is 10.7. The van der Waals surface area contributed by atoms with Crippen molar-refractivity contribution in [2.45, 2.75) is 6.61 Å². The van der Waals surface area contributed by atoms with Gasteiger partial charge in [0.2, 0.25) is 0 Å². The third-order valence-corrected chi connectivity index (χ3v) is 2.63. The lowest BCUT2D eigenvalue weighted by Gasteiger charge is -2.09. The molecule has 1 N–H and O–H groups in total. The van der Waals surface area contributed by atoms with E-state index in [1.54, 1.807) is 25.4 Å². The summed E-state index contributed by atoms with van der Waals surface area (Å²) in [5.41, 5.74) is 0.341. The Morgan fingerprint density at radius 3 is 2.95 bits per heavy atom. The first kappa shape index (κ1) is 13.7. The van der Waals surface area contributed by atoms with Crippen LogP contribution in [0.15, 0.2) is 36.5 Å². The van der Waals surface area contributed by atoms with E-state index in [9.17, 15) is 14.5 Å². The SMILES string of the molecule is CNc1ncccc1COc1ccc(F)cc1[N+](=O)[O-]. The zero-order valence-corrected chi connectivity index (χ0v) is 10.7. The van der Waals surface area contributed by atoms with Gasteiger partial charge < -0.3 is 10.1 Å². The molecule has 0 fully saturated rings. The summed E-state index contributed by atoms with van der Waals surface area (Å²) >= 11 is 0. The average Bonchev–Trinajstić information content (AvgIpc) is 2.46. The van der Waals surface area contributed by atoms with Crippen LogP contribution >= 0.6 is 0 Å². The topological polar surface area (TPSA) is 77.3 Å². The second kappa shape index (κ2) is 5.96. The van der Waals surface area contributed by atoms with Crippen LogP contribution in [0.1, 0.15) is 5.56 Å². The predicted octanol–water partition coefficient (Wildman–Crippen LogP) is 2.75. The maximum absolute atomic E-state index is 13.0. The first-order valence-electron chi connectivity index (χ1n) is 5.80. The first-order valence-corrected chi connectivity index (χ1v) is 5.80. The van der Waals surface area contributed by atoms with Crippen molar-refractivity contribution >= 4 is 11.5 Å². The van der Waals surface area contributed by atoms with Crippen molar-refractivity contribution in [1.82, 2.24) is 4.98 Å². The molecular weight excluding hydrogens is 265 g/mol. The summed E-state index contributed by atoms with van der Waals surface area (Å²) in [5, 5.41) is 13.7. The number of anilines is 1. The van der Waals surface area contributed by atoms with Crippen LogP contribution in [-0.4, -0.2) is 17.0 Å². The van der Waals surface area contributed by atoms with Crippen molar-refractivity contribution in [3.8, 4) is 5.75 Å². The summed E-state index contributed by atoms with van der Waals surface area (Å²) in [6, 6.07) is 6.71. The van der Waals surface area contributed by atoms with Gasteiger partial charge in [0.15, 0.2) is 5.75 Å². The molecule has 104 valence electrons. The molecule has 0 atom stereocenters. The van der Waals surface area contributed by atoms with Gasteiger partial charge in [-0.1, -0.05) is 6.07 Å². The maximum atomic E-state index is 13.0. The molecule has 0 aliphatic carbocycles. The average molecular weight is 277 g/mol. The number of hydrogen-bond donors (Lipinski definition) is 1. The number of nitro groups is 1. The van der Waals surface area contributed by atoms with Crippen LogP contribution in [0.4, 0.5) is 15.9 Å². The van der Waals surface area contributed by atoms with Crippen LogP contribution in [-0.2, 0) is 6.61 Å². The van der Waals surface area contributed by atoms with E-state index in [1.807, 2.05) is 0 Å². The van der Waals surface area contributed by atoms with Crippen LogP contribution in [0.25, 0.3) is 0 Å². The summed E-state index contributed by atoms with van der Waals surface area (Å²) in [6.45, 7) is 0.0937. The molecule has 0 radical (unpaired) electrons. The normalized spacial score (nSPS) is 10.1. The molecule has 1 aromatic heterocycles. The maximum Gasteiger partial charge on any atom is 0.313 e. The standard InChI is InChI=1S/C13H12FN3O3/c1-15-13-9(3-2-6-16-13)8-20-12-5-4-10(14)7-11(12)17(18)19/h2-7H,8H2,1H3,(H,15,16). The van der Waals surface area contributed by atoms with Crippen LogP contribution in [0.5, 0.6) is 5.75 Å².